The maximum atomic E-state index is 11.4. The molecule has 5 nitrogen and oxygen atoms in total. The van der Waals surface area contributed by atoms with Crippen molar-refractivity contribution in [2.45, 2.75) is 59.3 Å². The molecule has 136 valence electrons. The van der Waals surface area contributed by atoms with Crippen LogP contribution in [-0.2, 0) is 0 Å². The molecule has 0 aliphatic rings. The first kappa shape index (κ1) is 20.1. The summed E-state index contributed by atoms with van der Waals surface area (Å²) < 4.78 is 17.4. The van der Waals surface area contributed by atoms with Crippen LogP contribution in [0.1, 0.15) is 69.7 Å². The summed E-state index contributed by atoms with van der Waals surface area (Å²) in [5.41, 5.74) is 0.149. The summed E-state index contributed by atoms with van der Waals surface area (Å²) in [4.78, 5) is 11.4. The topological polar surface area (TPSA) is 65.0 Å². The molecule has 0 aromatic heterocycles. The van der Waals surface area contributed by atoms with Gasteiger partial charge in [0.05, 0.1) is 25.4 Å². The lowest BCUT2D eigenvalue weighted by molar-refractivity contribution is 0.0695. The standard InChI is InChI=1S/C19H30O5/c1-4-7-10-22-16-13-15(19(20)21)14-17(23-11-8-5-2)18(16)24-12-9-6-3/h13-14H,4-12H2,1-3H3,(H,20,21). The van der Waals surface area contributed by atoms with Crippen LogP contribution in [0.25, 0.3) is 0 Å². The Morgan fingerprint density at radius 2 is 1.25 bits per heavy atom. The minimum absolute atomic E-state index is 0.149. The molecule has 0 radical (unpaired) electrons. The zero-order valence-corrected chi connectivity index (χ0v) is 15.1. The number of hydrogen-bond donors (Lipinski definition) is 1. The third-order valence-corrected chi connectivity index (χ3v) is 3.52. The Balaban J connectivity index is 3.08. The van der Waals surface area contributed by atoms with E-state index in [4.69, 9.17) is 14.2 Å². The lowest BCUT2D eigenvalue weighted by Crippen LogP contribution is -2.08. The van der Waals surface area contributed by atoms with Crippen LogP contribution in [0.4, 0.5) is 0 Å². The van der Waals surface area contributed by atoms with Crippen molar-refractivity contribution < 1.29 is 24.1 Å². The number of aromatic carboxylic acids is 1. The van der Waals surface area contributed by atoms with Crippen molar-refractivity contribution >= 4 is 5.97 Å². The lowest BCUT2D eigenvalue weighted by Gasteiger charge is -2.18. The second-order valence-electron chi connectivity index (χ2n) is 5.71. The normalized spacial score (nSPS) is 10.5. The molecule has 0 aliphatic heterocycles. The number of carboxylic acids is 1. The van der Waals surface area contributed by atoms with Gasteiger partial charge >= 0.3 is 5.97 Å². The Kier molecular flexibility index (Phi) is 9.73. The summed E-state index contributed by atoms with van der Waals surface area (Å²) in [6, 6.07) is 3.04. The number of unbranched alkanes of at least 4 members (excludes halogenated alkanes) is 3. The van der Waals surface area contributed by atoms with E-state index in [0.29, 0.717) is 37.1 Å². The first-order valence-electron chi connectivity index (χ1n) is 8.93. The van der Waals surface area contributed by atoms with Gasteiger partial charge in [0, 0.05) is 0 Å². The predicted octanol–water partition coefficient (Wildman–Crippen LogP) is 4.92. The molecule has 0 saturated carbocycles. The van der Waals surface area contributed by atoms with E-state index in [1.165, 1.54) is 12.1 Å². The summed E-state index contributed by atoms with van der Waals surface area (Å²) >= 11 is 0. The lowest BCUT2D eigenvalue weighted by atomic mass is 10.2. The van der Waals surface area contributed by atoms with Crippen LogP contribution in [-0.4, -0.2) is 30.9 Å². The number of carbonyl (C=O) groups is 1. The summed E-state index contributed by atoms with van der Waals surface area (Å²) in [5.74, 6) is 0.411. The first-order chi connectivity index (χ1) is 11.6. The quantitative estimate of drug-likeness (QED) is 0.517. The number of carboxylic acid groups (broad SMARTS) is 1. The van der Waals surface area contributed by atoms with Crippen LogP contribution in [0, 0.1) is 0 Å². The second-order valence-corrected chi connectivity index (χ2v) is 5.71. The van der Waals surface area contributed by atoms with Gasteiger partial charge in [-0.3, -0.25) is 0 Å². The zero-order valence-electron chi connectivity index (χ0n) is 15.1. The fourth-order valence-corrected chi connectivity index (χ4v) is 2.03. The number of ether oxygens (including phenoxy) is 3. The Hall–Kier alpha value is -1.91. The molecule has 0 spiro atoms. The van der Waals surface area contributed by atoms with Gasteiger partial charge in [-0.25, -0.2) is 4.79 Å². The zero-order chi connectivity index (χ0) is 17.8. The van der Waals surface area contributed by atoms with Crippen LogP contribution in [0.5, 0.6) is 17.2 Å². The molecule has 0 heterocycles. The highest BCUT2D eigenvalue weighted by atomic mass is 16.5. The summed E-state index contributed by atoms with van der Waals surface area (Å²) in [6.07, 6.45) is 5.75. The third kappa shape index (κ3) is 6.69. The van der Waals surface area contributed by atoms with E-state index in [0.717, 1.165) is 38.5 Å². The van der Waals surface area contributed by atoms with Gasteiger partial charge in [0.25, 0.3) is 0 Å². The van der Waals surface area contributed by atoms with E-state index in [9.17, 15) is 9.90 Å². The molecule has 0 aliphatic carbocycles. The molecule has 0 amide bonds. The van der Waals surface area contributed by atoms with Gasteiger partial charge < -0.3 is 19.3 Å². The highest BCUT2D eigenvalue weighted by Crippen LogP contribution is 2.39. The van der Waals surface area contributed by atoms with E-state index in [-0.39, 0.29) is 5.56 Å². The molecular weight excluding hydrogens is 308 g/mol. The molecule has 1 aromatic carbocycles. The van der Waals surface area contributed by atoms with Gasteiger partial charge in [-0.05, 0) is 31.4 Å². The number of benzene rings is 1. The minimum Gasteiger partial charge on any atom is -0.490 e. The first-order valence-corrected chi connectivity index (χ1v) is 8.93. The largest absolute Gasteiger partial charge is 0.490 e. The van der Waals surface area contributed by atoms with Crippen molar-refractivity contribution in [3.63, 3.8) is 0 Å². The molecule has 1 rings (SSSR count). The van der Waals surface area contributed by atoms with E-state index >= 15 is 0 Å². The summed E-state index contributed by atoms with van der Waals surface area (Å²) in [5, 5.41) is 9.33. The predicted molar refractivity (Wildman–Crippen MR) is 94.6 cm³/mol. The molecule has 0 atom stereocenters. The van der Waals surface area contributed by atoms with Crippen LogP contribution in [0.2, 0.25) is 0 Å². The fraction of sp³-hybridized carbons (Fsp3) is 0.632. The van der Waals surface area contributed by atoms with Crippen LogP contribution >= 0.6 is 0 Å². The number of hydrogen-bond acceptors (Lipinski definition) is 4. The van der Waals surface area contributed by atoms with Crippen molar-refractivity contribution in [1.29, 1.82) is 0 Å². The highest BCUT2D eigenvalue weighted by Gasteiger charge is 2.18. The van der Waals surface area contributed by atoms with Gasteiger partial charge in [-0.15, -0.1) is 0 Å². The maximum absolute atomic E-state index is 11.4. The molecule has 0 fully saturated rings. The van der Waals surface area contributed by atoms with E-state index in [2.05, 4.69) is 20.8 Å². The summed E-state index contributed by atoms with van der Waals surface area (Å²) in [7, 11) is 0. The maximum Gasteiger partial charge on any atom is 0.335 e. The Morgan fingerprint density at radius 3 is 1.62 bits per heavy atom. The van der Waals surface area contributed by atoms with Gasteiger partial charge in [0.1, 0.15) is 0 Å². The van der Waals surface area contributed by atoms with Crippen molar-refractivity contribution in [3.8, 4) is 17.2 Å². The molecule has 0 saturated heterocycles. The molecule has 5 heteroatoms. The molecule has 24 heavy (non-hydrogen) atoms. The van der Waals surface area contributed by atoms with Crippen molar-refractivity contribution in [1.82, 2.24) is 0 Å². The van der Waals surface area contributed by atoms with Crippen LogP contribution in [0.15, 0.2) is 12.1 Å². The third-order valence-electron chi connectivity index (χ3n) is 3.52. The van der Waals surface area contributed by atoms with Crippen molar-refractivity contribution in [2.75, 3.05) is 19.8 Å². The monoisotopic (exact) mass is 338 g/mol. The molecular formula is C19H30O5. The van der Waals surface area contributed by atoms with Crippen molar-refractivity contribution in [2.24, 2.45) is 0 Å². The van der Waals surface area contributed by atoms with Gasteiger partial charge in [-0.1, -0.05) is 40.0 Å². The van der Waals surface area contributed by atoms with Crippen LogP contribution < -0.4 is 14.2 Å². The van der Waals surface area contributed by atoms with Crippen LogP contribution in [0.3, 0.4) is 0 Å². The van der Waals surface area contributed by atoms with E-state index in [1.54, 1.807) is 0 Å². The SMILES string of the molecule is CCCCOc1cc(C(=O)O)cc(OCCCC)c1OCCCC. The Morgan fingerprint density at radius 1 is 0.833 bits per heavy atom. The second kappa shape index (κ2) is 11.6. The summed E-state index contributed by atoms with van der Waals surface area (Å²) in [6.45, 7) is 7.85. The molecule has 0 bridgehead atoms. The molecule has 1 N–H and O–H groups in total. The molecule has 0 unspecified atom stereocenters. The van der Waals surface area contributed by atoms with Gasteiger partial charge in [-0.2, -0.15) is 0 Å². The van der Waals surface area contributed by atoms with E-state index in [1.807, 2.05) is 0 Å². The van der Waals surface area contributed by atoms with E-state index < -0.39 is 5.97 Å². The average Bonchev–Trinajstić information content (AvgIpc) is 2.56. The Bertz CT molecular complexity index is 468. The minimum atomic E-state index is -1.00. The number of rotatable bonds is 13. The molecule has 1 aromatic rings. The van der Waals surface area contributed by atoms with Crippen molar-refractivity contribution in [3.05, 3.63) is 17.7 Å². The van der Waals surface area contributed by atoms with Gasteiger partial charge in [0.15, 0.2) is 11.5 Å². The average molecular weight is 338 g/mol. The fourth-order valence-electron chi connectivity index (χ4n) is 2.03. The van der Waals surface area contributed by atoms with Gasteiger partial charge in [0.2, 0.25) is 5.75 Å². The smallest absolute Gasteiger partial charge is 0.335 e. The Labute approximate surface area is 144 Å². The highest BCUT2D eigenvalue weighted by molar-refractivity contribution is 5.89.